The minimum Gasteiger partial charge on any atom is -0.284 e. The SMILES string of the molecule is CCS(=O)(=O)Nc1ccc(CCN2C(=O)c3ccccc3C2=O)cc1. The van der Waals surface area contributed by atoms with Crippen molar-refractivity contribution in [2.75, 3.05) is 17.0 Å². The zero-order chi connectivity index (χ0) is 18.0. The van der Waals surface area contributed by atoms with Crippen molar-refractivity contribution in [2.24, 2.45) is 0 Å². The summed E-state index contributed by atoms with van der Waals surface area (Å²) < 4.78 is 25.6. The van der Waals surface area contributed by atoms with E-state index in [1.807, 2.05) is 0 Å². The molecule has 2 aromatic rings. The Balaban J connectivity index is 1.65. The van der Waals surface area contributed by atoms with Crippen molar-refractivity contribution in [2.45, 2.75) is 13.3 Å². The van der Waals surface area contributed by atoms with E-state index in [-0.39, 0.29) is 24.1 Å². The Morgan fingerprint density at radius 1 is 0.920 bits per heavy atom. The molecule has 130 valence electrons. The summed E-state index contributed by atoms with van der Waals surface area (Å²) in [5.41, 5.74) is 2.29. The number of benzene rings is 2. The Morgan fingerprint density at radius 3 is 2.00 bits per heavy atom. The Hall–Kier alpha value is -2.67. The Labute approximate surface area is 146 Å². The Kier molecular flexibility index (Phi) is 4.59. The number of hydrogen-bond acceptors (Lipinski definition) is 4. The van der Waals surface area contributed by atoms with Crippen LogP contribution in [0.4, 0.5) is 5.69 Å². The molecule has 1 aliphatic heterocycles. The van der Waals surface area contributed by atoms with Gasteiger partial charge in [-0.25, -0.2) is 8.42 Å². The molecule has 0 radical (unpaired) electrons. The predicted molar refractivity (Wildman–Crippen MR) is 95.0 cm³/mol. The second-order valence-electron chi connectivity index (χ2n) is 5.76. The normalized spacial score (nSPS) is 13.9. The average Bonchev–Trinajstić information content (AvgIpc) is 2.85. The molecular weight excluding hydrogens is 340 g/mol. The number of sulfonamides is 1. The number of anilines is 1. The summed E-state index contributed by atoms with van der Waals surface area (Å²) in [6.45, 7) is 1.85. The number of amides is 2. The summed E-state index contributed by atoms with van der Waals surface area (Å²) in [5.74, 6) is -0.532. The molecule has 7 heteroatoms. The highest BCUT2D eigenvalue weighted by molar-refractivity contribution is 7.92. The van der Waals surface area contributed by atoms with E-state index >= 15 is 0 Å². The van der Waals surface area contributed by atoms with E-state index < -0.39 is 10.0 Å². The number of nitrogens with one attached hydrogen (secondary N) is 1. The highest BCUT2D eigenvalue weighted by atomic mass is 32.2. The van der Waals surface area contributed by atoms with E-state index in [9.17, 15) is 18.0 Å². The van der Waals surface area contributed by atoms with Crippen LogP contribution in [-0.4, -0.2) is 37.4 Å². The molecule has 0 aromatic heterocycles. The van der Waals surface area contributed by atoms with Crippen molar-refractivity contribution >= 4 is 27.5 Å². The van der Waals surface area contributed by atoms with Crippen molar-refractivity contribution in [3.8, 4) is 0 Å². The van der Waals surface area contributed by atoms with Gasteiger partial charge < -0.3 is 0 Å². The molecule has 6 nitrogen and oxygen atoms in total. The van der Waals surface area contributed by atoms with Crippen LogP contribution >= 0.6 is 0 Å². The smallest absolute Gasteiger partial charge is 0.261 e. The van der Waals surface area contributed by atoms with E-state index in [2.05, 4.69) is 4.72 Å². The predicted octanol–water partition coefficient (Wildman–Crippen LogP) is 2.29. The standard InChI is InChI=1S/C18H18N2O4S/c1-2-25(23,24)19-14-9-7-13(8-10-14)11-12-20-17(21)15-5-3-4-6-16(15)18(20)22/h3-10,19H,2,11-12H2,1H3. The molecule has 0 bridgehead atoms. The van der Waals surface area contributed by atoms with Gasteiger partial charge in [-0.3, -0.25) is 19.2 Å². The summed E-state index contributed by atoms with van der Waals surface area (Å²) in [4.78, 5) is 25.8. The van der Waals surface area contributed by atoms with Crippen LogP contribution in [-0.2, 0) is 16.4 Å². The number of imide groups is 1. The lowest BCUT2D eigenvalue weighted by Crippen LogP contribution is -2.31. The molecule has 1 N–H and O–H groups in total. The number of rotatable bonds is 6. The van der Waals surface area contributed by atoms with Gasteiger partial charge in [0, 0.05) is 12.2 Å². The molecule has 0 unspecified atom stereocenters. The second-order valence-corrected chi connectivity index (χ2v) is 7.77. The molecule has 0 saturated carbocycles. The molecule has 1 heterocycles. The molecule has 0 atom stereocenters. The maximum atomic E-state index is 12.3. The Morgan fingerprint density at radius 2 is 1.48 bits per heavy atom. The van der Waals surface area contributed by atoms with Crippen LogP contribution in [0.2, 0.25) is 0 Å². The first kappa shape index (κ1) is 17.2. The molecule has 0 saturated heterocycles. The van der Waals surface area contributed by atoms with Crippen LogP contribution in [0.1, 0.15) is 33.2 Å². The van der Waals surface area contributed by atoms with Crippen molar-refractivity contribution in [1.29, 1.82) is 0 Å². The zero-order valence-electron chi connectivity index (χ0n) is 13.7. The van der Waals surface area contributed by atoms with Crippen molar-refractivity contribution in [1.82, 2.24) is 4.90 Å². The van der Waals surface area contributed by atoms with E-state index in [1.165, 1.54) is 4.90 Å². The molecule has 2 amide bonds. The van der Waals surface area contributed by atoms with Crippen LogP contribution < -0.4 is 4.72 Å². The maximum absolute atomic E-state index is 12.3. The van der Waals surface area contributed by atoms with Crippen molar-refractivity contribution < 1.29 is 18.0 Å². The first-order valence-corrected chi connectivity index (χ1v) is 9.61. The zero-order valence-corrected chi connectivity index (χ0v) is 14.5. The lowest BCUT2D eigenvalue weighted by atomic mass is 10.1. The van der Waals surface area contributed by atoms with Gasteiger partial charge in [0.25, 0.3) is 11.8 Å². The number of carbonyl (C=O) groups excluding carboxylic acids is 2. The molecule has 0 fully saturated rings. The number of carbonyl (C=O) groups is 2. The molecular formula is C18H18N2O4S. The van der Waals surface area contributed by atoms with Gasteiger partial charge in [-0.05, 0) is 43.2 Å². The first-order valence-electron chi connectivity index (χ1n) is 7.96. The summed E-state index contributed by atoms with van der Waals surface area (Å²) in [7, 11) is -3.30. The maximum Gasteiger partial charge on any atom is 0.261 e. The van der Waals surface area contributed by atoms with Gasteiger partial charge in [-0.2, -0.15) is 0 Å². The van der Waals surface area contributed by atoms with Gasteiger partial charge in [0.2, 0.25) is 10.0 Å². The second kappa shape index (κ2) is 6.68. The van der Waals surface area contributed by atoms with E-state index in [4.69, 9.17) is 0 Å². The molecule has 25 heavy (non-hydrogen) atoms. The van der Waals surface area contributed by atoms with Gasteiger partial charge in [0.15, 0.2) is 0 Å². The van der Waals surface area contributed by atoms with Gasteiger partial charge in [-0.15, -0.1) is 0 Å². The third-order valence-corrected chi connectivity index (χ3v) is 5.42. The van der Waals surface area contributed by atoms with Crippen LogP contribution in [0.3, 0.4) is 0 Å². The van der Waals surface area contributed by atoms with Crippen molar-refractivity contribution in [3.05, 3.63) is 65.2 Å². The van der Waals surface area contributed by atoms with Crippen LogP contribution in [0.5, 0.6) is 0 Å². The summed E-state index contributed by atoms with van der Waals surface area (Å²) in [5, 5.41) is 0. The van der Waals surface area contributed by atoms with Crippen LogP contribution in [0.15, 0.2) is 48.5 Å². The summed E-state index contributed by atoms with van der Waals surface area (Å²) >= 11 is 0. The van der Waals surface area contributed by atoms with Crippen LogP contribution in [0.25, 0.3) is 0 Å². The number of fused-ring (bicyclic) bond motifs is 1. The fourth-order valence-corrected chi connectivity index (χ4v) is 3.31. The molecule has 0 spiro atoms. The molecule has 3 rings (SSSR count). The van der Waals surface area contributed by atoms with Crippen LogP contribution in [0, 0.1) is 0 Å². The van der Waals surface area contributed by atoms with E-state index in [1.54, 1.807) is 55.5 Å². The van der Waals surface area contributed by atoms with Crippen molar-refractivity contribution in [3.63, 3.8) is 0 Å². The van der Waals surface area contributed by atoms with E-state index in [0.29, 0.717) is 23.2 Å². The van der Waals surface area contributed by atoms with Gasteiger partial charge >= 0.3 is 0 Å². The third-order valence-electron chi connectivity index (χ3n) is 4.11. The van der Waals surface area contributed by atoms with Gasteiger partial charge in [0.05, 0.1) is 16.9 Å². The number of hydrogen-bond donors (Lipinski definition) is 1. The average molecular weight is 358 g/mol. The quantitative estimate of drug-likeness (QED) is 0.803. The fourth-order valence-electron chi connectivity index (χ4n) is 2.67. The monoisotopic (exact) mass is 358 g/mol. The minimum atomic E-state index is -3.30. The lowest BCUT2D eigenvalue weighted by molar-refractivity contribution is 0.0656. The van der Waals surface area contributed by atoms with E-state index in [0.717, 1.165) is 5.56 Å². The fraction of sp³-hybridized carbons (Fsp3) is 0.222. The van der Waals surface area contributed by atoms with Gasteiger partial charge in [-0.1, -0.05) is 24.3 Å². The first-order chi connectivity index (χ1) is 11.9. The highest BCUT2D eigenvalue weighted by Gasteiger charge is 2.34. The largest absolute Gasteiger partial charge is 0.284 e. The topological polar surface area (TPSA) is 83.6 Å². The molecule has 1 aliphatic rings. The van der Waals surface area contributed by atoms with Gasteiger partial charge in [0.1, 0.15) is 0 Å². The highest BCUT2D eigenvalue weighted by Crippen LogP contribution is 2.22. The minimum absolute atomic E-state index is 0.00843. The summed E-state index contributed by atoms with van der Waals surface area (Å²) in [6, 6.07) is 13.7. The summed E-state index contributed by atoms with van der Waals surface area (Å²) in [6.07, 6.45) is 0.506. The third kappa shape index (κ3) is 3.56. The Bertz CT molecular complexity index is 885. The number of nitrogens with zero attached hydrogens (tertiary/aromatic N) is 1. The lowest BCUT2D eigenvalue weighted by Gasteiger charge is -2.14. The molecule has 2 aromatic carbocycles. The molecule has 0 aliphatic carbocycles.